The Hall–Kier alpha value is -1.64. The smallest absolute Gasteiger partial charge is 0.169 e. The Morgan fingerprint density at radius 1 is 1.61 bits per heavy atom. The van der Waals surface area contributed by atoms with Crippen LogP contribution in [0.1, 0.15) is 5.56 Å². The number of rotatable bonds is 3. The highest BCUT2D eigenvalue weighted by Crippen LogP contribution is 2.21. The lowest BCUT2D eigenvalue weighted by atomic mass is 10.1. The van der Waals surface area contributed by atoms with Crippen LogP contribution in [0.4, 0.5) is 4.39 Å². The van der Waals surface area contributed by atoms with Gasteiger partial charge in [0.05, 0.1) is 19.8 Å². The zero-order valence-electron chi connectivity index (χ0n) is 10.2. The summed E-state index contributed by atoms with van der Waals surface area (Å²) >= 11 is 0. The second-order valence-corrected chi connectivity index (χ2v) is 4.16. The molecule has 5 heteroatoms. The van der Waals surface area contributed by atoms with Crippen LogP contribution >= 0.6 is 0 Å². The van der Waals surface area contributed by atoms with E-state index < -0.39 is 6.10 Å². The number of ether oxygens (including phenoxy) is 2. The Bertz CT molecular complexity index is 459. The van der Waals surface area contributed by atoms with Crippen molar-refractivity contribution in [3.05, 3.63) is 29.6 Å². The van der Waals surface area contributed by atoms with Gasteiger partial charge in [-0.25, -0.2) is 4.39 Å². The second kappa shape index (κ2) is 5.80. The van der Waals surface area contributed by atoms with E-state index in [1.54, 1.807) is 18.2 Å². The van der Waals surface area contributed by atoms with Gasteiger partial charge >= 0.3 is 0 Å². The van der Waals surface area contributed by atoms with Crippen molar-refractivity contribution in [3.63, 3.8) is 0 Å². The van der Waals surface area contributed by atoms with Crippen LogP contribution in [0.15, 0.2) is 18.2 Å². The predicted molar refractivity (Wildman–Crippen MR) is 63.6 cm³/mol. The molecule has 1 atom stereocenters. The van der Waals surface area contributed by atoms with E-state index in [9.17, 15) is 4.39 Å². The van der Waals surface area contributed by atoms with Crippen LogP contribution in [0.2, 0.25) is 0 Å². The fourth-order valence-electron chi connectivity index (χ4n) is 2.00. The van der Waals surface area contributed by atoms with Gasteiger partial charge in [-0.05, 0) is 6.07 Å². The van der Waals surface area contributed by atoms with E-state index in [4.69, 9.17) is 14.7 Å². The number of nitriles is 1. The minimum atomic E-state index is -0.424. The fourth-order valence-corrected chi connectivity index (χ4v) is 2.00. The van der Waals surface area contributed by atoms with Crippen molar-refractivity contribution in [1.29, 1.82) is 5.26 Å². The maximum atomic E-state index is 14.0. The van der Waals surface area contributed by atoms with E-state index in [2.05, 4.69) is 6.07 Å². The van der Waals surface area contributed by atoms with E-state index in [-0.39, 0.29) is 11.6 Å². The van der Waals surface area contributed by atoms with Crippen LogP contribution in [0.25, 0.3) is 0 Å². The van der Waals surface area contributed by atoms with Crippen molar-refractivity contribution in [2.75, 3.05) is 26.8 Å². The average Bonchev–Trinajstić information content (AvgIpc) is 2.41. The molecule has 4 nitrogen and oxygen atoms in total. The first-order valence-electron chi connectivity index (χ1n) is 5.79. The van der Waals surface area contributed by atoms with E-state index in [0.29, 0.717) is 31.8 Å². The highest BCUT2D eigenvalue weighted by Gasteiger charge is 2.21. The summed E-state index contributed by atoms with van der Waals surface area (Å²) in [6, 6.07) is 7.16. The van der Waals surface area contributed by atoms with Gasteiger partial charge in [-0.2, -0.15) is 5.26 Å². The lowest BCUT2D eigenvalue weighted by Gasteiger charge is -2.29. The zero-order valence-corrected chi connectivity index (χ0v) is 10.2. The molecule has 96 valence electrons. The molecule has 0 amide bonds. The van der Waals surface area contributed by atoms with Crippen molar-refractivity contribution in [2.45, 2.75) is 12.6 Å². The molecule has 0 bridgehead atoms. The molecule has 2 rings (SSSR count). The van der Waals surface area contributed by atoms with Crippen molar-refractivity contribution < 1.29 is 13.9 Å². The lowest BCUT2D eigenvalue weighted by molar-refractivity contribution is -0.00307. The summed E-state index contributed by atoms with van der Waals surface area (Å²) in [6.07, 6.45) is -0.424. The predicted octanol–water partition coefficient (Wildman–Crippen LogP) is 1.56. The average molecular weight is 250 g/mol. The van der Waals surface area contributed by atoms with Crippen LogP contribution in [0.3, 0.4) is 0 Å². The first kappa shape index (κ1) is 12.8. The summed E-state index contributed by atoms with van der Waals surface area (Å²) in [6.45, 7) is 2.18. The summed E-state index contributed by atoms with van der Waals surface area (Å²) in [5.74, 6) is -0.0856. The maximum absolute atomic E-state index is 14.0. The fraction of sp³-hybridized carbons (Fsp3) is 0.462. The quantitative estimate of drug-likeness (QED) is 0.816. The van der Waals surface area contributed by atoms with Crippen LogP contribution in [0, 0.1) is 17.1 Å². The molecule has 1 aliphatic rings. The van der Waals surface area contributed by atoms with Crippen LogP contribution in [-0.4, -0.2) is 37.8 Å². The minimum absolute atomic E-state index is 0.248. The Morgan fingerprint density at radius 2 is 2.44 bits per heavy atom. The van der Waals surface area contributed by atoms with Gasteiger partial charge < -0.3 is 9.47 Å². The molecule has 0 radical (unpaired) electrons. The highest BCUT2D eigenvalue weighted by atomic mass is 19.1. The molecule has 1 fully saturated rings. The first-order valence-corrected chi connectivity index (χ1v) is 5.79. The lowest BCUT2D eigenvalue weighted by Crippen LogP contribution is -2.41. The molecule has 0 aromatic heterocycles. The topological polar surface area (TPSA) is 45.5 Å². The maximum Gasteiger partial charge on any atom is 0.169 e. The van der Waals surface area contributed by atoms with Crippen molar-refractivity contribution in [1.82, 2.24) is 4.90 Å². The van der Waals surface area contributed by atoms with Gasteiger partial charge in [-0.1, -0.05) is 12.1 Å². The Balaban J connectivity index is 2.07. The Morgan fingerprint density at radius 3 is 3.17 bits per heavy atom. The first-order chi connectivity index (χ1) is 8.74. The minimum Gasteiger partial charge on any atom is -0.494 e. The van der Waals surface area contributed by atoms with Gasteiger partial charge in [0.2, 0.25) is 0 Å². The van der Waals surface area contributed by atoms with Gasteiger partial charge in [0.25, 0.3) is 0 Å². The summed E-state index contributed by atoms with van der Waals surface area (Å²) in [4.78, 5) is 2.01. The molecule has 1 saturated heterocycles. The molecular weight excluding hydrogens is 235 g/mol. The number of halogens is 1. The van der Waals surface area contributed by atoms with Gasteiger partial charge in [-0.3, -0.25) is 4.90 Å². The number of hydrogen-bond donors (Lipinski definition) is 0. The normalized spacial score (nSPS) is 20.4. The third-order valence-electron chi connectivity index (χ3n) is 2.95. The van der Waals surface area contributed by atoms with Crippen LogP contribution < -0.4 is 4.74 Å². The molecule has 1 heterocycles. The van der Waals surface area contributed by atoms with Crippen LogP contribution in [-0.2, 0) is 11.3 Å². The van der Waals surface area contributed by atoms with Gasteiger partial charge in [-0.15, -0.1) is 0 Å². The SMILES string of the molecule is COc1cccc(CN2CCOC(C#N)C2)c1F. The zero-order chi connectivity index (χ0) is 13.0. The molecule has 1 aromatic rings. The number of benzene rings is 1. The van der Waals surface area contributed by atoms with Crippen LogP contribution in [0.5, 0.6) is 5.75 Å². The number of morpholine rings is 1. The molecule has 0 N–H and O–H groups in total. The second-order valence-electron chi connectivity index (χ2n) is 4.16. The molecule has 1 aromatic carbocycles. The molecule has 0 aliphatic carbocycles. The molecule has 0 saturated carbocycles. The summed E-state index contributed by atoms with van der Waals surface area (Å²) in [7, 11) is 1.45. The summed E-state index contributed by atoms with van der Waals surface area (Å²) in [5.41, 5.74) is 0.577. The largest absolute Gasteiger partial charge is 0.494 e. The Kier molecular flexibility index (Phi) is 4.13. The van der Waals surface area contributed by atoms with E-state index in [0.717, 1.165) is 0 Å². The van der Waals surface area contributed by atoms with Gasteiger partial charge in [0.15, 0.2) is 17.7 Å². The summed E-state index contributed by atoms with van der Waals surface area (Å²) < 4.78 is 24.2. The molecule has 18 heavy (non-hydrogen) atoms. The standard InChI is InChI=1S/C13H15FN2O2/c1-17-12-4-2-3-10(13(12)14)8-16-5-6-18-11(7-15)9-16/h2-4,11H,5-6,8-9H2,1H3. The van der Waals surface area contributed by atoms with Crippen molar-refractivity contribution in [3.8, 4) is 11.8 Å². The number of hydrogen-bond acceptors (Lipinski definition) is 4. The molecule has 1 unspecified atom stereocenters. The molecule has 1 aliphatic heterocycles. The van der Waals surface area contributed by atoms with E-state index in [1.165, 1.54) is 7.11 Å². The number of nitrogens with zero attached hydrogens (tertiary/aromatic N) is 2. The van der Waals surface area contributed by atoms with E-state index in [1.807, 2.05) is 4.90 Å². The van der Waals surface area contributed by atoms with Gasteiger partial charge in [0, 0.05) is 25.2 Å². The third kappa shape index (κ3) is 2.78. The monoisotopic (exact) mass is 250 g/mol. The third-order valence-corrected chi connectivity index (χ3v) is 2.95. The highest BCUT2D eigenvalue weighted by molar-refractivity contribution is 5.31. The Labute approximate surface area is 106 Å². The van der Waals surface area contributed by atoms with Gasteiger partial charge in [0.1, 0.15) is 0 Å². The van der Waals surface area contributed by atoms with Crippen molar-refractivity contribution in [2.24, 2.45) is 0 Å². The summed E-state index contributed by atoms with van der Waals surface area (Å²) in [5, 5.41) is 8.82. The number of methoxy groups -OCH3 is 1. The van der Waals surface area contributed by atoms with E-state index >= 15 is 0 Å². The molecule has 0 spiro atoms. The molecular formula is C13H15FN2O2. The van der Waals surface area contributed by atoms with Crippen molar-refractivity contribution >= 4 is 0 Å².